The largest absolute Gasteiger partial charge is 0.370 e. The molecule has 1 aromatic heterocycles. The molecule has 0 radical (unpaired) electrons. The molecule has 182 valence electrons. The Bertz CT molecular complexity index is 1360. The van der Waals surface area contributed by atoms with Gasteiger partial charge in [0.15, 0.2) is 0 Å². The van der Waals surface area contributed by atoms with Gasteiger partial charge in [-0.15, -0.1) is 0 Å². The fraction of sp³-hybridized carbons (Fsp3) is 0.320. The summed E-state index contributed by atoms with van der Waals surface area (Å²) in [5.41, 5.74) is -0.647. The van der Waals surface area contributed by atoms with Crippen LogP contribution in [0.4, 0.5) is 5.69 Å². The molecule has 0 bridgehead atoms. The lowest BCUT2D eigenvalue weighted by Crippen LogP contribution is -2.45. The summed E-state index contributed by atoms with van der Waals surface area (Å²) in [7, 11) is 0. The maximum Gasteiger partial charge on any atom is 0.340 e. The zero-order valence-electron chi connectivity index (χ0n) is 19.3. The lowest BCUT2D eigenvalue weighted by atomic mass is 10.1. The Morgan fingerprint density at radius 1 is 1.14 bits per heavy atom. The summed E-state index contributed by atoms with van der Waals surface area (Å²) in [5, 5.41) is 11.3. The number of aromatic nitrogens is 2. The standard InChI is InChI=1S/C25H25N3O7/c1-3-20-21(34-15-18-11-7-8-12-19(18)28(32)33)13-22(35-20)26-14-16(2)23(29)27(25(26)31)24(30)17-9-5-4-6-10-17/h4-12,14,20-22H,3,13,15H2,1-2H3. The van der Waals surface area contributed by atoms with Crippen LogP contribution in [0.25, 0.3) is 0 Å². The number of aryl methyl sites for hydroxylation is 1. The lowest BCUT2D eigenvalue weighted by molar-refractivity contribution is -0.386. The maximum atomic E-state index is 13.3. The van der Waals surface area contributed by atoms with E-state index >= 15 is 0 Å². The van der Waals surface area contributed by atoms with Crippen molar-refractivity contribution in [1.29, 1.82) is 0 Å². The number of benzene rings is 2. The first kappa shape index (κ1) is 24.2. The van der Waals surface area contributed by atoms with E-state index in [2.05, 4.69) is 0 Å². The average Bonchev–Trinajstić information content (AvgIpc) is 3.28. The molecule has 1 fully saturated rings. The minimum Gasteiger partial charge on any atom is -0.370 e. The highest BCUT2D eigenvalue weighted by Gasteiger charge is 2.37. The topological polar surface area (TPSA) is 123 Å². The summed E-state index contributed by atoms with van der Waals surface area (Å²) in [6.45, 7) is 3.44. The van der Waals surface area contributed by atoms with Gasteiger partial charge in [0.25, 0.3) is 17.2 Å². The normalized spacial score (nSPS) is 19.5. The number of nitro benzene ring substituents is 1. The van der Waals surface area contributed by atoms with Crippen molar-refractivity contribution in [2.45, 2.75) is 51.7 Å². The van der Waals surface area contributed by atoms with Crippen molar-refractivity contribution in [2.24, 2.45) is 0 Å². The van der Waals surface area contributed by atoms with Crippen LogP contribution in [-0.4, -0.2) is 32.2 Å². The molecule has 10 nitrogen and oxygen atoms in total. The first-order valence-corrected chi connectivity index (χ1v) is 11.3. The molecule has 3 aromatic rings. The Labute approximate surface area is 200 Å². The Balaban J connectivity index is 1.61. The molecule has 3 unspecified atom stereocenters. The molecule has 4 rings (SSSR count). The van der Waals surface area contributed by atoms with Crippen LogP contribution in [-0.2, 0) is 16.1 Å². The molecule has 10 heteroatoms. The van der Waals surface area contributed by atoms with Gasteiger partial charge >= 0.3 is 5.69 Å². The number of carbonyl (C=O) groups is 1. The number of hydrogen-bond acceptors (Lipinski definition) is 7. The van der Waals surface area contributed by atoms with Gasteiger partial charge in [0.05, 0.1) is 29.3 Å². The summed E-state index contributed by atoms with van der Waals surface area (Å²) >= 11 is 0. The lowest BCUT2D eigenvalue weighted by Gasteiger charge is -2.17. The van der Waals surface area contributed by atoms with Crippen molar-refractivity contribution in [3.63, 3.8) is 0 Å². The molecule has 0 spiro atoms. The van der Waals surface area contributed by atoms with Gasteiger partial charge in [-0.25, -0.2) is 4.79 Å². The molecule has 3 atom stereocenters. The van der Waals surface area contributed by atoms with E-state index in [1.165, 1.54) is 35.9 Å². The zero-order chi connectivity index (χ0) is 25.1. The van der Waals surface area contributed by atoms with Gasteiger partial charge in [0.2, 0.25) is 0 Å². The van der Waals surface area contributed by atoms with E-state index in [0.29, 0.717) is 16.6 Å². The molecular weight excluding hydrogens is 454 g/mol. The van der Waals surface area contributed by atoms with Crippen molar-refractivity contribution in [3.8, 4) is 0 Å². The Hall–Kier alpha value is -3.89. The van der Waals surface area contributed by atoms with Crippen LogP contribution in [0, 0.1) is 17.0 Å². The second-order valence-corrected chi connectivity index (χ2v) is 8.32. The van der Waals surface area contributed by atoms with Crippen molar-refractivity contribution < 1.29 is 19.2 Å². The van der Waals surface area contributed by atoms with Crippen LogP contribution < -0.4 is 11.2 Å². The highest BCUT2D eigenvalue weighted by atomic mass is 16.6. The Morgan fingerprint density at radius 2 is 1.83 bits per heavy atom. The highest BCUT2D eigenvalue weighted by molar-refractivity contribution is 5.95. The number of para-hydroxylation sites is 1. The van der Waals surface area contributed by atoms with Gasteiger partial charge in [-0.2, -0.15) is 4.57 Å². The third-order valence-electron chi connectivity index (χ3n) is 6.04. The first-order valence-electron chi connectivity index (χ1n) is 11.3. The van der Waals surface area contributed by atoms with Crippen LogP contribution in [0.2, 0.25) is 0 Å². The number of ether oxygens (including phenoxy) is 2. The number of rotatable bonds is 7. The van der Waals surface area contributed by atoms with E-state index in [1.807, 2.05) is 6.92 Å². The van der Waals surface area contributed by atoms with Gasteiger partial charge in [-0.3, -0.25) is 24.3 Å². The third-order valence-corrected chi connectivity index (χ3v) is 6.04. The summed E-state index contributed by atoms with van der Waals surface area (Å²) in [6, 6.07) is 14.4. The van der Waals surface area contributed by atoms with Crippen LogP contribution in [0.1, 0.15) is 47.5 Å². The zero-order valence-corrected chi connectivity index (χ0v) is 19.3. The molecule has 1 aliphatic heterocycles. The van der Waals surface area contributed by atoms with Crippen molar-refractivity contribution in [1.82, 2.24) is 9.13 Å². The van der Waals surface area contributed by atoms with Crippen molar-refractivity contribution in [2.75, 3.05) is 0 Å². The quantitative estimate of drug-likeness (QED) is 0.377. The van der Waals surface area contributed by atoms with E-state index in [4.69, 9.17) is 9.47 Å². The van der Waals surface area contributed by atoms with Crippen molar-refractivity contribution in [3.05, 3.63) is 108 Å². The van der Waals surface area contributed by atoms with E-state index in [9.17, 15) is 24.5 Å². The molecule has 1 saturated heterocycles. The first-order chi connectivity index (χ1) is 16.8. The number of nitro groups is 1. The van der Waals surface area contributed by atoms with Crippen LogP contribution >= 0.6 is 0 Å². The molecule has 0 amide bonds. The second-order valence-electron chi connectivity index (χ2n) is 8.32. The molecule has 2 aromatic carbocycles. The van der Waals surface area contributed by atoms with Crippen LogP contribution in [0.15, 0.2) is 70.4 Å². The monoisotopic (exact) mass is 479 g/mol. The molecular formula is C25H25N3O7. The Morgan fingerprint density at radius 3 is 2.51 bits per heavy atom. The minimum absolute atomic E-state index is 0.00825. The second kappa shape index (κ2) is 10.2. The van der Waals surface area contributed by atoms with E-state index in [1.54, 1.807) is 36.4 Å². The van der Waals surface area contributed by atoms with Gasteiger partial charge in [-0.05, 0) is 31.5 Å². The summed E-state index contributed by atoms with van der Waals surface area (Å²) in [4.78, 5) is 49.8. The minimum atomic E-state index is -0.798. The molecule has 35 heavy (non-hydrogen) atoms. The number of hydrogen-bond donors (Lipinski definition) is 0. The fourth-order valence-electron chi connectivity index (χ4n) is 4.21. The van der Waals surface area contributed by atoms with E-state index in [-0.39, 0.29) is 35.9 Å². The van der Waals surface area contributed by atoms with E-state index in [0.717, 1.165) is 0 Å². The molecule has 0 aliphatic carbocycles. The fourth-order valence-corrected chi connectivity index (χ4v) is 4.21. The molecule has 0 N–H and O–H groups in total. The van der Waals surface area contributed by atoms with Gasteiger partial charge in [-0.1, -0.05) is 37.3 Å². The molecule has 0 saturated carbocycles. The molecule has 2 heterocycles. The van der Waals surface area contributed by atoms with Gasteiger partial charge in [0.1, 0.15) is 6.23 Å². The van der Waals surface area contributed by atoms with Crippen molar-refractivity contribution >= 4 is 11.6 Å². The predicted molar refractivity (Wildman–Crippen MR) is 126 cm³/mol. The van der Waals surface area contributed by atoms with Gasteiger partial charge < -0.3 is 9.47 Å². The summed E-state index contributed by atoms with van der Waals surface area (Å²) in [5.74, 6) is -0.715. The summed E-state index contributed by atoms with van der Waals surface area (Å²) in [6.07, 6.45) is 0.658. The smallest absolute Gasteiger partial charge is 0.340 e. The predicted octanol–water partition coefficient (Wildman–Crippen LogP) is 3.20. The molecule has 1 aliphatic rings. The number of nitrogens with zero attached hydrogens (tertiary/aromatic N) is 3. The Kier molecular flexibility index (Phi) is 7.04. The summed E-state index contributed by atoms with van der Waals surface area (Å²) < 4.78 is 13.9. The average molecular weight is 479 g/mol. The van der Waals surface area contributed by atoms with E-state index < -0.39 is 34.4 Å². The van der Waals surface area contributed by atoms with Gasteiger partial charge in [0, 0.05) is 29.8 Å². The van der Waals surface area contributed by atoms with Crippen LogP contribution in [0.3, 0.4) is 0 Å². The third kappa shape index (κ3) is 4.84. The maximum absolute atomic E-state index is 13.3. The van der Waals surface area contributed by atoms with Crippen LogP contribution in [0.5, 0.6) is 0 Å². The highest BCUT2D eigenvalue weighted by Crippen LogP contribution is 2.32. The SMILES string of the molecule is CCC1OC(n2cc(C)c(=O)n(C(=O)c3ccccc3)c2=O)CC1OCc1ccccc1[N+](=O)[O-]. The number of carbonyl (C=O) groups excluding carboxylic acids is 1.